The highest BCUT2D eigenvalue weighted by Crippen LogP contribution is 2.29. The van der Waals surface area contributed by atoms with Crippen LogP contribution >= 0.6 is 11.3 Å². The Kier molecular flexibility index (Phi) is 4.77. The fraction of sp³-hybridized carbons (Fsp3) is 0.667. The van der Waals surface area contributed by atoms with Crippen LogP contribution in [0.15, 0.2) is 17.5 Å². The van der Waals surface area contributed by atoms with E-state index in [4.69, 9.17) is 5.11 Å². The molecule has 0 aliphatic heterocycles. The van der Waals surface area contributed by atoms with Gasteiger partial charge in [0.15, 0.2) is 0 Å². The van der Waals surface area contributed by atoms with Crippen molar-refractivity contribution in [2.75, 3.05) is 13.2 Å². The van der Waals surface area contributed by atoms with Crippen LogP contribution < -0.4 is 4.72 Å². The molecule has 1 heterocycles. The van der Waals surface area contributed by atoms with Gasteiger partial charge in [-0.1, -0.05) is 6.07 Å². The van der Waals surface area contributed by atoms with E-state index < -0.39 is 10.0 Å². The standard InChI is InChI=1S/C12H19NO3S2/c14-8-6-10(12-2-1-9-17-12)5-7-13-18(15,16)11-3-4-11/h1-2,9-11,13-14H,3-8H2. The lowest BCUT2D eigenvalue weighted by Crippen LogP contribution is -2.29. The van der Waals surface area contributed by atoms with E-state index in [1.165, 1.54) is 4.88 Å². The van der Waals surface area contributed by atoms with E-state index >= 15 is 0 Å². The van der Waals surface area contributed by atoms with Crippen molar-refractivity contribution < 1.29 is 13.5 Å². The van der Waals surface area contributed by atoms with Gasteiger partial charge in [-0.25, -0.2) is 13.1 Å². The third kappa shape index (κ3) is 3.78. The average molecular weight is 289 g/mol. The molecule has 18 heavy (non-hydrogen) atoms. The molecule has 0 radical (unpaired) electrons. The van der Waals surface area contributed by atoms with Crippen molar-refractivity contribution in [3.63, 3.8) is 0 Å². The van der Waals surface area contributed by atoms with E-state index in [0.29, 0.717) is 13.0 Å². The third-order valence-electron chi connectivity index (χ3n) is 3.18. The second-order valence-electron chi connectivity index (χ2n) is 4.65. The smallest absolute Gasteiger partial charge is 0.214 e. The third-order valence-corrected chi connectivity index (χ3v) is 6.17. The van der Waals surface area contributed by atoms with E-state index in [-0.39, 0.29) is 17.8 Å². The largest absolute Gasteiger partial charge is 0.396 e. The monoisotopic (exact) mass is 289 g/mol. The lowest BCUT2D eigenvalue weighted by Gasteiger charge is -2.14. The maximum atomic E-state index is 11.7. The first-order valence-corrected chi connectivity index (χ1v) is 8.69. The molecule has 1 aromatic heterocycles. The molecule has 4 nitrogen and oxygen atoms in total. The molecule has 2 rings (SSSR count). The topological polar surface area (TPSA) is 66.4 Å². The van der Waals surface area contributed by atoms with Crippen molar-refractivity contribution in [3.8, 4) is 0 Å². The zero-order chi connectivity index (χ0) is 13.0. The first kappa shape index (κ1) is 14.0. The summed E-state index contributed by atoms with van der Waals surface area (Å²) >= 11 is 1.66. The molecule has 102 valence electrons. The molecule has 1 aliphatic carbocycles. The number of hydrogen-bond donors (Lipinski definition) is 2. The normalized spacial score (nSPS) is 17.8. The van der Waals surface area contributed by atoms with Gasteiger partial charge in [0.25, 0.3) is 0 Å². The first-order chi connectivity index (χ1) is 8.63. The lowest BCUT2D eigenvalue weighted by molar-refractivity contribution is 0.273. The SMILES string of the molecule is O=S(=O)(NCCC(CCO)c1cccs1)C1CC1. The number of aliphatic hydroxyl groups is 1. The highest BCUT2D eigenvalue weighted by Gasteiger charge is 2.35. The number of aliphatic hydroxyl groups excluding tert-OH is 1. The van der Waals surface area contributed by atoms with Crippen molar-refractivity contribution in [1.82, 2.24) is 4.72 Å². The summed E-state index contributed by atoms with van der Waals surface area (Å²) in [6, 6.07) is 4.03. The summed E-state index contributed by atoms with van der Waals surface area (Å²) in [6.45, 7) is 0.597. The number of sulfonamides is 1. The van der Waals surface area contributed by atoms with E-state index in [2.05, 4.69) is 4.72 Å². The molecule has 1 unspecified atom stereocenters. The number of thiophene rings is 1. The van der Waals surface area contributed by atoms with Gasteiger partial charge in [-0.15, -0.1) is 11.3 Å². The molecule has 0 spiro atoms. The van der Waals surface area contributed by atoms with Crippen LogP contribution in [0.2, 0.25) is 0 Å². The zero-order valence-electron chi connectivity index (χ0n) is 10.2. The predicted molar refractivity (Wildman–Crippen MR) is 73.3 cm³/mol. The van der Waals surface area contributed by atoms with Crippen LogP contribution in [-0.2, 0) is 10.0 Å². The minimum Gasteiger partial charge on any atom is -0.396 e. The van der Waals surface area contributed by atoms with Gasteiger partial charge in [0.2, 0.25) is 10.0 Å². The van der Waals surface area contributed by atoms with E-state index in [1.54, 1.807) is 11.3 Å². The lowest BCUT2D eigenvalue weighted by atomic mass is 10.0. The molecule has 6 heteroatoms. The van der Waals surface area contributed by atoms with Crippen molar-refractivity contribution in [3.05, 3.63) is 22.4 Å². The van der Waals surface area contributed by atoms with Crippen molar-refractivity contribution in [2.24, 2.45) is 0 Å². The fourth-order valence-electron chi connectivity index (χ4n) is 1.98. The molecular weight excluding hydrogens is 270 g/mol. The molecule has 1 aromatic rings. The Bertz CT molecular complexity index is 452. The molecule has 1 fully saturated rings. The Hall–Kier alpha value is -0.430. The highest BCUT2D eigenvalue weighted by molar-refractivity contribution is 7.90. The van der Waals surface area contributed by atoms with Gasteiger partial charge < -0.3 is 5.11 Å². The Morgan fingerprint density at radius 2 is 2.22 bits per heavy atom. The average Bonchev–Trinajstić information content (AvgIpc) is 3.06. The minimum atomic E-state index is -3.08. The Morgan fingerprint density at radius 3 is 2.78 bits per heavy atom. The molecular formula is C12H19NO3S2. The maximum absolute atomic E-state index is 11.7. The van der Waals surface area contributed by atoms with E-state index in [1.807, 2.05) is 17.5 Å². The van der Waals surface area contributed by atoms with Gasteiger partial charge in [0.1, 0.15) is 0 Å². The van der Waals surface area contributed by atoms with Gasteiger partial charge in [0, 0.05) is 18.0 Å². The summed E-state index contributed by atoms with van der Waals surface area (Å²) in [4.78, 5) is 1.22. The molecule has 1 aliphatic rings. The van der Waals surface area contributed by atoms with Crippen molar-refractivity contribution in [1.29, 1.82) is 0 Å². The van der Waals surface area contributed by atoms with Gasteiger partial charge in [-0.05, 0) is 43.0 Å². The first-order valence-electron chi connectivity index (χ1n) is 6.26. The molecule has 0 amide bonds. The second kappa shape index (κ2) is 6.14. The van der Waals surface area contributed by atoms with Crippen LogP contribution in [0.4, 0.5) is 0 Å². The molecule has 2 N–H and O–H groups in total. The minimum absolute atomic E-state index is 0.137. The van der Waals surface area contributed by atoms with Crippen LogP contribution in [0.1, 0.15) is 36.5 Å². The van der Waals surface area contributed by atoms with Gasteiger partial charge >= 0.3 is 0 Å². The van der Waals surface area contributed by atoms with Gasteiger partial charge in [0.05, 0.1) is 5.25 Å². The number of hydrogen-bond acceptors (Lipinski definition) is 4. The Morgan fingerprint density at radius 1 is 1.44 bits per heavy atom. The van der Waals surface area contributed by atoms with E-state index in [0.717, 1.165) is 19.3 Å². The van der Waals surface area contributed by atoms with Crippen molar-refractivity contribution in [2.45, 2.75) is 36.9 Å². The molecule has 0 saturated heterocycles. The number of rotatable bonds is 8. The van der Waals surface area contributed by atoms with Crippen molar-refractivity contribution >= 4 is 21.4 Å². The van der Waals surface area contributed by atoms with Crippen LogP contribution in [0, 0.1) is 0 Å². The summed E-state index contributed by atoms with van der Waals surface area (Å²) in [6.07, 6.45) is 3.01. The maximum Gasteiger partial charge on any atom is 0.214 e. The van der Waals surface area contributed by atoms with E-state index in [9.17, 15) is 8.42 Å². The molecule has 0 bridgehead atoms. The Labute approximate surface area is 112 Å². The summed E-state index contributed by atoms with van der Waals surface area (Å²) in [7, 11) is -3.08. The van der Waals surface area contributed by atoms with Crippen LogP contribution in [0.25, 0.3) is 0 Å². The van der Waals surface area contributed by atoms with Crippen LogP contribution in [0.3, 0.4) is 0 Å². The molecule has 1 atom stereocenters. The fourth-order valence-corrected chi connectivity index (χ4v) is 4.27. The van der Waals surface area contributed by atoms with Gasteiger partial charge in [-0.3, -0.25) is 0 Å². The Balaban J connectivity index is 1.83. The van der Waals surface area contributed by atoms with Crippen LogP contribution in [-0.4, -0.2) is 31.9 Å². The summed E-state index contributed by atoms with van der Waals surface area (Å²) in [5, 5.41) is 10.9. The van der Waals surface area contributed by atoms with Gasteiger partial charge in [-0.2, -0.15) is 0 Å². The summed E-state index contributed by atoms with van der Waals surface area (Å²) in [5.41, 5.74) is 0. The quantitative estimate of drug-likeness (QED) is 0.765. The number of nitrogens with one attached hydrogen (secondary N) is 1. The summed E-state index contributed by atoms with van der Waals surface area (Å²) in [5.74, 6) is 0.247. The predicted octanol–water partition coefficient (Wildman–Crippen LogP) is 1.69. The highest BCUT2D eigenvalue weighted by atomic mass is 32.2. The summed E-state index contributed by atoms with van der Waals surface area (Å²) < 4.78 is 26.0. The zero-order valence-corrected chi connectivity index (χ0v) is 11.8. The van der Waals surface area contributed by atoms with Crippen LogP contribution in [0.5, 0.6) is 0 Å². The molecule has 1 saturated carbocycles. The second-order valence-corrected chi connectivity index (χ2v) is 7.68. The molecule has 0 aromatic carbocycles.